The van der Waals surface area contributed by atoms with Gasteiger partial charge in [0.2, 0.25) is 5.95 Å². The molecule has 0 aliphatic carbocycles. The van der Waals surface area contributed by atoms with Gasteiger partial charge < -0.3 is 15.6 Å². The Hall–Kier alpha value is -3.11. The number of nitrogens with one attached hydrogen (secondary N) is 1. The van der Waals surface area contributed by atoms with Gasteiger partial charge in [-0.2, -0.15) is 4.39 Å². The van der Waals surface area contributed by atoms with Gasteiger partial charge in [-0.15, -0.1) is 0 Å². The molecule has 1 aromatic carbocycles. The summed E-state index contributed by atoms with van der Waals surface area (Å²) >= 11 is 5.36. The third-order valence-corrected chi connectivity index (χ3v) is 6.17. The maximum absolute atomic E-state index is 14.4. The molecular weight excluding hydrogens is 419 g/mol. The summed E-state index contributed by atoms with van der Waals surface area (Å²) in [5, 5.41) is 0.835. The minimum atomic E-state index is -0.753. The topological polar surface area (TPSA) is 100 Å². The quantitative estimate of drug-likeness (QED) is 0.473. The minimum Gasteiger partial charge on any atom is -0.364 e. The number of piperazine rings is 1. The molecule has 2 aromatic heterocycles. The molecule has 0 spiro atoms. The van der Waals surface area contributed by atoms with Gasteiger partial charge in [-0.25, -0.2) is 9.78 Å². The zero-order valence-electron chi connectivity index (χ0n) is 17.3. The number of primary amides is 1. The lowest BCUT2D eigenvalue weighted by Gasteiger charge is -2.41. The summed E-state index contributed by atoms with van der Waals surface area (Å²) in [7, 11) is 1.65. The first-order valence-electron chi connectivity index (χ1n) is 9.92. The molecule has 1 aliphatic rings. The predicted molar refractivity (Wildman–Crippen MR) is 119 cm³/mol. The van der Waals surface area contributed by atoms with Crippen molar-refractivity contribution in [3.05, 3.63) is 62.7 Å². The number of nitrogens with two attached hydrogens (primary N) is 1. The van der Waals surface area contributed by atoms with Crippen molar-refractivity contribution in [2.75, 3.05) is 24.5 Å². The highest BCUT2D eigenvalue weighted by Gasteiger charge is 2.26. The molecule has 10 heteroatoms. The van der Waals surface area contributed by atoms with Gasteiger partial charge in [0.05, 0.1) is 11.2 Å². The van der Waals surface area contributed by atoms with Crippen molar-refractivity contribution in [2.45, 2.75) is 19.5 Å². The first-order valence-corrected chi connectivity index (χ1v) is 10.3. The van der Waals surface area contributed by atoms with Gasteiger partial charge in [0.25, 0.3) is 5.91 Å². The Morgan fingerprint density at radius 2 is 2.10 bits per heavy atom. The molecule has 1 aliphatic heterocycles. The van der Waals surface area contributed by atoms with Gasteiger partial charge in [-0.1, -0.05) is 18.3 Å². The van der Waals surface area contributed by atoms with Gasteiger partial charge >= 0.3 is 5.69 Å². The molecule has 1 amide bonds. The van der Waals surface area contributed by atoms with Gasteiger partial charge in [0, 0.05) is 44.7 Å². The molecule has 3 heterocycles. The van der Waals surface area contributed by atoms with E-state index in [0.717, 1.165) is 29.6 Å². The number of halogens is 1. The number of amides is 1. The summed E-state index contributed by atoms with van der Waals surface area (Å²) in [5.74, 6) is -1.44. The summed E-state index contributed by atoms with van der Waals surface area (Å²) in [6.07, 6.45) is 0. The number of nitrogens with zero attached hydrogens (tertiary/aromatic N) is 4. The second-order valence-corrected chi connectivity index (χ2v) is 8.21. The Balaban J connectivity index is 1.49. The second-order valence-electron chi connectivity index (χ2n) is 7.82. The molecular formula is C21H23FN6O2S. The number of anilines is 1. The van der Waals surface area contributed by atoms with E-state index in [4.69, 9.17) is 18.0 Å². The molecule has 0 saturated carbocycles. The van der Waals surface area contributed by atoms with Gasteiger partial charge in [-0.3, -0.25) is 14.3 Å². The van der Waals surface area contributed by atoms with Crippen molar-refractivity contribution in [2.24, 2.45) is 12.8 Å². The highest BCUT2D eigenvalue weighted by Crippen LogP contribution is 2.24. The van der Waals surface area contributed by atoms with E-state index in [0.29, 0.717) is 23.4 Å². The van der Waals surface area contributed by atoms with E-state index in [1.807, 2.05) is 30.0 Å². The molecule has 8 nitrogen and oxygen atoms in total. The van der Waals surface area contributed by atoms with Crippen molar-refractivity contribution < 1.29 is 9.18 Å². The Morgan fingerprint density at radius 3 is 2.77 bits per heavy atom. The van der Waals surface area contributed by atoms with Crippen LogP contribution in [0, 0.1) is 10.6 Å². The van der Waals surface area contributed by atoms with Crippen molar-refractivity contribution in [1.29, 1.82) is 0 Å². The van der Waals surface area contributed by atoms with Crippen molar-refractivity contribution in [3.63, 3.8) is 0 Å². The maximum Gasteiger partial charge on any atom is 0.326 e. The van der Waals surface area contributed by atoms with Crippen molar-refractivity contribution >= 4 is 34.7 Å². The summed E-state index contributed by atoms with van der Waals surface area (Å²) in [5.41, 5.74) is 7.00. The van der Waals surface area contributed by atoms with Crippen LogP contribution in [-0.2, 0) is 13.6 Å². The Kier molecular flexibility index (Phi) is 5.59. The van der Waals surface area contributed by atoms with E-state index < -0.39 is 11.9 Å². The van der Waals surface area contributed by atoms with E-state index in [9.17, 15) is 14.0 Å². The standard InChI is InChI=1S/C21H23FN6O2S/c1-12-10-27(7-8-28(12)17-6-5-15(19(23)29)24-18(17)22)11-13-3-4-14-16(9-13)25-21(30)26(2)20(14)31/h3-6,9,12H,7-8,10-11H2,1-2H3,(H2,23,29)(H,25,30). The van der Waals surface area contributed by atoms with Crippen LogP contribution in [0.5, 0.6) is 0 Å². The third kappa shape index (κ3) is 4.08. The van der Waals surface area contributed by atoms with E-state index in [2.05, 4.69) is 14.9 Å². The fraction of sp³-hybridized carbons (Fsp3) is 0.333. The highest BCUT2D eigenvalue weighted by atomic mass is 32.1. The van der Waals surface area contributed by atoms with Gasteiger partial charge in [-0.05, 0) is 36.8 Å². The van der Waals surface area contributed by atoms with Crippen LogP contribution < -0.4 is 16.3 Å². The number of H-pyrrole nitrogens is 1. The number of carbonyl (C=O) groups excluding carboxylic acids is 1. The normalized spacial score (nSPS) is 17.3. The molecule has 0 radical (unpaired) electrons. The van der Waals surface area contributed by atoms with Crippen LogP contribution in [0.25, 0.3) is 10.9 Å². The van der Waals surface area contributed by atoms with Crippen LogP contribution in [0.4, 0.5) is 10.1 Å². The average molecular weight is 443 g/mol. The lowest BCUT2D eigenvalue weighted by Crippen LogP contribution is -2.52. The van der Waals surface area contributed by atoms with E-state index in [1.165, 1.54) is 10.6 Å². The Labute approximate surface area is 183 Å². The summed E-state index contributed by atoms with van der Waals surface area (Å²) in [6, 6.07) is 8.95. The SMILES string of the molecule is CC1CN(Cc2ccc3c(=S)n(C)c(=O)[nH]c3c2)CCN1c1ccc(C(N)=O)nc1F. The van der Waals surface area contributed by atoms with Crippen LogP contribution in [-0.4, -0.2) is 51.0 Å². The predicted octanol–water partition coefficient (Wildman–Crippen LogP) is 1.94. The number of hydrogen-bond acceptors (Lipinski definition) is 6. The van der Waals surface area contributed by atoms with Gasteiger partial charge in [0.1, 0.15) is 10.3 Å². The zero-order chi connectivity index (χ0) is 22.3. The first-order chi connectivity index (χ1) is 14.7. The summed E-state index contributed by atoms with van der Waals surface area (Å²) in [6.45, 7) is 4.79. The molecule has 3 N–H and O–H groups in total. The number of aromatic nitrogens is 3. The lowest BCUT2D eigenvalue weighted by atomic mass is 10.1. The number of benzene rings is 1. The largest absolute Gasteiger partial charge is 0.364 e. The molecule has 3 aromatic rings. The number of hydrogen-bond donors (Lipinski definition) is 2. The Morgan fingerprint density at radius 1 is 1.32 bits per heavy atom. The zero-order valence-corrected chi connectivity index (χ0v) is 18.1. The minimum absolute atomic E-state index is 0.0445. The molecule has 31 heavy (non-hydrogen) atoms. The van der Waals surface area contributed by atoms with Crippen molar-refractivity contribution in [1.82, 2.24) is 19.4 Å². The van der Waals surface area contributed by atoms with E-state index in [1.54, 1.807) is 13.1 Å². The highest BCUT2D eigenvalue weighted by molar-refractivity contribution is 7.71. The van der Waals surface area contributed by atoms with E-state index in [-0.39, 0.29) is 17.4 Å². The second kappa shape index (κ2) is 8.20. The molecule has 0 bridgehead atoms. The van der Waals surface area contributed by atoms with Crippen LogP contribution in [0.1, 0.15) is 23.0 Å². The third-order valence-electron chi connectivity index (χ3n) is 5.67. The van der Waals surface area contributed by atoms with Gasteiger partial charge in [0.15, 0.2) is 0 Å². The molecule has 1 saturated heterocycles. The molecule has 4 rings (SSSR count). The van der Waals surface area contributed by atoms with Crippen LogP contribution >= 0.6 is 12.2 Å². The number of carbonyl (C=O) groups is 1. The van der Waals surface area contributed by atoms with Crippen LogP contribution in [0.15, 0.2) is 35.1 Å². The molecule has 162 valence electrons. The fourth-order valence-electron chi connectivity index (χ4n) is 4.02. The average Bonchev–Trinajstić information content (AvgIpc) is 2.72. The Bertz CT molecular complexity index is 1290. The monoisotopic (exact) mass is 442 g/mol. The van der Waals surface area contributed by atoms with Crippen LogP contribution in [0.2, 0.25) is 0 Å². The summed E-state index contributed by atoms with van der Waals surface area (Å²) in [4.78, 5) is 34.0. The smallest absolute Gasteiger partial charge is 0.326 e. The molecule has 1 unspecified atom stereocenters. The fourth-order valence-corrected chi connectivity index (χ4v) is 4.28. The molecule has 1 atom stereocenters. The van der Waals surface area contributed by atoms with Crippen molar-refractivity contribution in [3.8, 4) is 0 Å². The number of rotatable bonds is 4. The lowest BCUT2D eigenvalue weighted by molar-refractivity contribution is 0.0994. The van der Waals surface area contributed by atoms with E-state index >= 15 is 0 Å². The number of pyridine rings is 1. The summed E-state index contributed by atoms with van der Waals surface area (Å²) < 4.78 is 16.4. The van der Waals surface area contributed by atoms with Crippen LogP contribution in [0.3, 0.4) is 0 Å². The first kappa shape index (κ1) is 21.1. The maximum atomic E-state index is 14.4. The number of aromatic amines is 1. The number of fused-ring (bicyclic) bond motifs is 1. The molecule has 1 fully saturated rings.